The Morgan fingerprint density at radius 3 is 2.62 bits per heavy atom. The summed E-state index contributed by atoms with van der Waals surface area (Å²) in [5, 5.41) is 20.3. The maximum Gasteiger partial charge on any atom is 0.289 e. The van der Waals surface area contributed by atoms with Crippen molar-refractivity contribution in [1.29, 1.82) is 0 Å². The van der Waals surface area contributed by atoms with Crippen molar-refractivity contribution in [2.75, 3.05) is 6.54 Å². The number of aliphatic hydroxyl groups is 1. The highest BCUT2D eigenvalue weighted by Crippen LogP contribution is 2.30. The van der Waals surface area contributed by atoms with E-state index >= 15 is 0 Å². The SMILES string of the molecule is CCCC(O)CNS(=O)(=O)c1cc([N+](=O)[O-])c(Cl)cc1C. The molecule has 0 amide bonds. The molecule has 0 radical (unpaired) electrons. The predicted molar refractivity (Wildman–Crippen MR) is 78.9 cm³/mol. The first-order valence-corrected chi connectivity index (χ1v) is 8.17. The number of aryl methyl sites for hydroxylation is 1. The van der Waals surface area contributed by atoms with Crippen LogP contribution in [0.3, 0.4) is 0 Å². The van der Waals surface area contributed by atoms with Crippen LogP contribution in [-0.4, -0.2) is 31.1 Å². The third kappa shape index (κ3) is 4.63. The lowest BCUT2D eigenvalue weighted by atomic mass is 10.2. The lowest BCUT2D eigenvalue weighted by Crippen LogP contribution is -2.32. The minimum atomic E-state index is -3.95. The van der Waals surface area contributed by atoms with Crippen LogP contribution in [0.5, 0.6) is 0 Å². The first-order chi connectivity index (χ1) is 9.69. The summed E-state index contributed by atoms with van der Waals surface area (Å²) in [4.78, 5) is 9.87. The lowest BCUT2D eigenvalue weighted by molar-refractivity contribution is -0.384. The van der Waals surface area contributed by atoms with Gasteiger partial charge >= 0.3 is 0 Å². The molecule has 0 bridgehead atoms. The van der Waals surface area contributed by atoms with Gasteiger partial charge in [-0.15, -0.1) is 0 Å². The number of nitro groups is 1. The number of benzene rings is 1. The Labute approximate surface area is 128 Å². The number of nitro benzene ring substituents is 1. The van der Waals surface area contributed by atoms with Crippen LogP contribution >= 0.6 is 11.6 Å². The highest BCUT2D eigenvalue weighted by Gasteiger charge is 2.23. The average Bonchev–Trinajstić information content (AvgIpc) is 2.36. The number of aliphatic hydroxyl groups excluding tert-OH is 1. The maximum absolute atomic E-state index is 12.2. The Morgan fingerprint density at radius 2 is 2.10 bits per heavy atom. The van der Waals surface area contributed by atoms with Crippen molar-refractivity contribution in [3.8, 4) is 0 Å². The molecule has 1 unspecified atom stereocenters. The van der Waals surface area contributed by atoms with Gasteiger partial charge in [0, 0.05) is 12.6 Å². The summed E-state index contributed by atoms with van der Waals surface area (Å²) in [6, 6.07) is 2.16. The fourth-order valence-corrected chi connectivity index (χ4v) is 3.39. The van der Waals surface area contributed by atoms with Crippen molar-refractivity contribution < 1.29 is 18.4 Å². The molecular weight excluding hydrogens is 320 g/mol. The molecule has 21 heavy (non-hydrogen) atoms. The number of hydrogen-bond donors (Lipinski definition) is 2. The van der Waals surface area contributed by atoms with Gasteiger partial charge in [0.15, 0.2) is 0 Å². The molecule has 0 fully saturated rings. The van der Waals surface area contributed by atoms with Gasteiger partial charge in [-0.3, -0.25) is 10.1 Å². The molecule has 0 saturated heterocycles. The molecule has 0 aliphatic carbocycles. The third-order valence-corrected chi connectivity index (χ3v) is 4.73. The second-order valence-electron chi connectivity index (χ2n) is 4.62. The Hall–Kier alpha value is -1.22. The van der Waals surface area contributed by atoms with Crippen molar-refractivity contribution in [2.45, 2.75) is 37.7 Å². The van der Waals surface area contributed by atoms with E-state index in [-0.39, 0.29) is 16.5 Å². The quantitative estimate of drug-likeness (QED) is 0.584. The van der Waals surface area contributed by atoms with E-state index in [0.29, 0.717) is 18.4 Å². The van der Waals surface area contributed by atoms with Crippen LogP contribution in [0.25, 0.3) is 0 Å². The van der Waals surface area contributed by atoms with Gasteiger partial charge in [0.25, 0.3) is 5.69 Å². The van der Waals surface area contributed by atoms with Gasteiger partial charge in [-0.2, -0.15) is 0 Å². The van der Waals surface area contributed by atoms with Gasteiger partial charge in [-0.05, 0) is 25.0 Å². The second kappa shape index (κ2) is 7.17. The fraction of sp³-hybridized carbons (Fsp3) is 0.500. The van der Waals surface area contributed by atoms with E-state index in [0.717, 1.165) is 6.07 Å². The molecule has 0 aromatic heterocycles. The van der Waals surface area contributed by atoms with Crippen LogP contribution in [0.1, 0.15) is 25.3 Å². The normalized spacial score (nSPS) is 13.1. The molecule has 9 heteroatoms. The van der Waals surface area contributed by atoms with Gasteiger partial charge in [-0.1, -0.05) is 24.9 Å². The molecule has 118 valence electrons. The molecule has 0 saturated carbocycles. The van der Waals surface area contributed by atoms with E-state index in [4.69, 9.17) is 11.6 Å². The van der Waals surface area contributed by atoms with Gasteiger partial charge < -0.3 is 5.11 Å². The largest absolute Gasteiger partial charge is 0.392 e. The number of rotatable bonds is 7. The molecule has 0 heterocycles. The van der Waals surface area contributed by atoms with E-state index in [1.807, 2.05) is 6.92 Å². The van der Waals surface area contributed by atoms with Crippen molar-refractivity contribution in [1.82, 2.24) is 4.72 Å². The summed E-state index contributed by atoms with van der Waals surface area (Å²) < 4.78 is 26.6. The van der Waals surface area contributed by atoms with Gasteiger partial charge in [-0.25, -0.2) is 13.1 Å². The van der Waals surface area contributed by atoms with Crippen LogP contribution in [0.15, 0.2) is 17.0 Å². The first-order valence-electron chi connectivity index (χ1n) is 6.31. The van der Waals surface area contributed by atoms with Gasteiger partial charge in [0.05, 0.1) is 15.9 Å². The van der Waals surface area contributed by atoms with Crippen LogP contribution in [0.4, 0.5) is 5.69 Å². The van der Waals surface area contributed by atoms with Crippen LogP contribution in [-0.2, 0) is 10.0 Å². The van der Waals surface area contributed by atoms with Crippen molar-refractivity contribution in [3.63, 3.8) is 0 Å². The Balaban J connectivity index is 3.08. The van der Waals surface area contributed by atoms with Crippen LogP contribution in [0, 0.1) is 17.0 Å². The smallest absolute Gasteiger partial charge is 0.289 e. The summed E-state index contributed by atoms with van der Waals surface area (Å²) in [5.74, 6) is 0. The molecule has 7 nitrogen and oxygen atoms in total. The molecule has 0 spiro atoms. The summed E-state index contributed by atoms with van der Waals surface area (Å²) in [5.41, 5.74) is -0.181. The fourth-order valence-electron chi connectivity index (χ4n) is 1.79. The maximum atomic E-state index is 12.2. The van der Waals surface area contributed by atoms with Crippen molar-refractivity contribution in [2.24, 2.45) is 0 Å². The van der Waals surface area contributed by atoms with E-state index in [1.54, 1.807) is 0 Å². The summed E-state index contributed by atoms with van der Waals surface area (Å²) in [6.45, 7) is 3.21. The average molecular weight is 337 g/mol. The number of nitrogens with zero attached hydrogens (tertiary/aromatic N) is 1. The number of halogens is 1. The molecule has 2 N–H and O–H groups in total. The molecule has 1 aromatic carbocycles. The summed E-state index contributed by atoms with van der Waals surface area (Å²) >= 11 is 5.72. The van der Waals surface area contributed by atoms with Gasteiger partial charge in [0.1, 0.15) is 5.02 Å². The van der Waals surface area contributed by atoms with Crippen LogP contribution < -0.4 is 4.72 Å². The third-order valence-electron chi connectivity index (χ3n) is 2.86. The molecule has 1 aromatic rings. The van der Waals surface area contributed by atoms with Crippen molar-refractivity contribution >= 4 is 27.3 Å². The Morgan fingerprint density at radius 1 is 1.48 bits per heavy atom. The zero-order chi connectivity index (χ0) is 16.2. The zero-order valence-corrected chi connectivity index (χ0v) is 13.2. The molecular formula is C12H17ClN2O5S. The molecule has 1 atom stereocenters. The predicted octanol–water partition coefficient (Wildman–Crippen LogP) is 2.00. The van der Waals surface area contributed by atoms with E-state index < -0.39 is 26.7 Å². The minimum Gasteiger partial charge on any atom is -0.392 e. The van der Waals surface area contributed by atoms with Crippen molar-refractivity contribution in [3.05, 3.63) is 32.8 Å². The standard InChI is InChI=1S/C12H17ClN2O5S/c1-3-4-9(16)7-14-21(19,20)12-6-11(15(17)18)10(13)5-8(12)2/h5-6,9,14,16H,3-4,7H2,1-2H3. The van der Waals surface area contributed by atoms with E-state index in [1.165, 1.54) is 13.0 Å². The van der Waals surface area contributed by atoms with Gasteiger partial charge in [0.2, 0.25) is 10.0 Å². The Kier molecular flexibility index (Phi) is 6.09. The zero-order valence-electron chi connectivity index (χ0n) is 11.7. The second-order valence-corrected chi connectivity index (χ2v) is 6.76. The molecule has 0 aliphatic rings. The Bertz CT molecular complexity index is 633. The summed E-state index contributed by atoms with van der Waals surface area (Å²) in [6.07, 6.45) is 0.378. The number of hydrogen-bond acceptors (Lipinski definition) is 5. The summed E-state index contributed by atoms with van der Waals surface area (Å²) in [7, 11) is -3.95. The monoisotopic (exact) mass is 336 g/mol. The van der Waals surface area contributed by atoms with E-state index in [2.05, 4.69) is 4.72 Å². The topological polar surface area (TPSA) is 110 Å². The minimum absolute atomic E-state index is 0.123. The highest BCUT2D eigenvalue weighted by molar-refractivity contribution is 7.89. The van der Waals surface area contributed by atoms with E-state index in [9.17, 15) is 23.6 Å². The number of nitrogens with one attached hydrogen (secondary N) is 1. The number of sulfonamides is 1. The highest BCUT2D eigenvalue weighted by atomic mass is 35.5. The lowest BCUT2D eigenvalue weighted by Gasteiger charge is -2.13. The molecule has 1 rings (SSSR count). The first kappa shape index (κ1) is 17.8. The van der Waals surface area contributed by atoms with Crippen LogP contribution in [0.2, 0.25) is 5.02 Å². The molecule has 0 aliphatic heterocycles.